The van der Waals surface area contributed by atoms with Crippen molar-refractivity contribution in [2.45, 2.75) is 39.2 Å². The molecule has 0 aromatic rings. The van der Waals surface area contributed by atoms with Gasteiger partial charge in [0, 0.05) is 6.04 Å². The first kappa shape index (κ1) is 15.5. The summed E-state index contributed by atoms with van der Waals surface area (Å²) in [5.41, 5.74) is 6.86. The first-order valence-corrected chi connectivity index (χ1v) is 7.52. The van der Waals surface area contributed by atoms with Gasteiger partial charge in [0.2, 0.25) is 0 Å². The third-order valence-corrected chi connectivity index (χ3v) is 5.41. The first-order valence-electron chi connectivity index (χ1n) is 7.52. The standard InChI is InChI=1S/C16H27NO3/c1-16(2)12-8-11(15(17)13(16)9-12)6-4-5-7-20-10-14(18)19-3/h4-5,11-13,15H,6-10,17H2,1-3H3/t11-,12-,13-,15+/m0/s1. The van der Waals surface area contributed by atoms with Crippen LogP contribution in [0.15, 0.2) is 12.2 Å². The molecule has 2 bridgehead atoms. The molecule has 0 aromatic heterocycles. The summed E-state index contributed by atoms with van der Waals surface area (Å²) in [6.07, 6.45) is 7.70. The zero-order valence-electron chi connectivity index (χ0n) is 12.8. The molecule has 3 aliphatic carbocycles. The molecule has 4 heteroatoms. The fourth-order valence-corrected chi connectivity index (χ4v) is 3.82. The molecule has 0 aliphatic heterocycles. The highest BCUT2D eigenvalue weighted by Gasteiger charge is 2.56. The van der Waals surface area contributed by atoms with Crippen LogP contribution in [-0.2, 0) is 14.3 Å². The Balaban J connectivity index is 1.67. The summed E-state index contributed by atoms with van der Waals surface area (Å²) in [6.45, 7) is 5.19. The minimum Gasteiger partial charge on any atom is -0.467 e. The van der Waals surface area contributed by atoms with Crippen molar-refractivity contribution in [1.29, 1.82) is 0 Å². The number of ether oxygens (including phenoxy) is 2. The number of hydrogen-bond donors (Lipinski definition) is 1. The Bertz CT molecular complexity index is 378. The maximum atomic E-state index is 10.8. The molecule has 3 aliphatic rings. The molecule has 0 spiro atoms. The van der Waals surface area contributed by atoms with Crippen molar-refractivity contribution in [3.8, 4) is 0 Å². The summed E-state index contributed by atoms with van der Waals surface area (Å²) in [5.74, 6) is 1.80. The van der Waals surface area contributed by atoms with Crippen LogP contribution in [-0.4, -0.2) is 32.3 Å². The molecule has 3 rings (SSSR count). The number of fused-ring (bicyclic) bond motifs is 2. The SMILES string of the molecule is COC(=O)COCC=CC[C@H]1C[C@H]2C[C@@H]([C@@H]1N)C2(C)C. The molecule has 3 saturated carbocycles. The van der Waals surface area contributed by atoms with Gasteiger partial charge in [-0.2, -0.15) is 0 Å². The lowest BCUT2D eigenvalue weighted by molar-refractivity contribution is -0.145. The van der Waals surface area contributed by atoms with E-state index in [0.717, 1.165) is 12.3 Å². The van der Waals surface area contributed by atoms with Crippen LogP contribution in [0.4, 0.5) is 0 Å². The van der Waals surface area contributed by atoms with E-state index in [1.807, 2.05) is 6.08 Å². The maximum absolute atomic E-state index is 10.8. The molecule has 4 nitrogen and oxygen atoms in total. The van der Waals surface area contributed by atoms with Gasteiger partial charge >= 0.3 is 5.97 Å². The molecule has 3 fully saturated rings. The van der Waals surface area contributed by atoms with E-state index in [4.69, 9.17) is 10.5 Å². The Hall–Kier alpha value is -0.870. The molecule has 20 heavy (non-hydrogen) atoms. The number of methoxy groups -OCH3 is 1. The predicted molar refractivity (Wildman–Crippen MR) is 78.1 cm³/mol. The van der Waals surface area contributed by atoms with Crippen LogP contribution < -0.4 is 5.73 Å². The summed E-state index contributed by atoms with van der Waals surface area (Å²) in [6, 6.07) is 0.329. The van der Waals surface area contributed by atoms with Crippen molar-refractivity contribution in [2.75, 3.05) is 20.3 Å². The summed E-state index contributed by atoms with van der Waals surface area (Å²) in [4.78, 5) is 10.8. The molecule has 2 N–H and O–H groups in total. The molecular weight excluding hydrogens is 254 g/mol. The summed E-state index contributed by atoms with van der Waals surface area (Å²) >= 11 is 0. The van der Waals surface area contributed by atoms with Crippen LogP contribution in [0.25, 0.3) is 0 Å². The van der Waals surface area contributed by atoms with Crippen LogP contribution in [0, 0.1) is 23.2 Å². The van der Waals surface area contributed by atoms with Gasteiger partial charge in [0.1, 0.15) is 6.61 Å². The largest absolute Gasteiger partial charge is 0.467 e. The van der Waals surface area contributed by atoms with Crippen LogP contribution in [0.1, 0.15) is 33.1 Å². The Morgan fingerprint density at radius 2 is 2.10 bits per heavy atom. The van der Waals surface area contributed by atoms with Crippen molar-refractivity contribution < 1.29 is 14.3 Å². The Morgan fingerprint density at radius 3 is 2.70 bits per heavy atom. The summed E-state index contributed by atoms with van der Waals surface area (Å²) in [5, 5.41) is 0. The van der Waals surface area contributed by atoms with Gasteiger partial charge in [-0.3, -0.25) is 0 Å². The van der Waals surface area contributed by atoms with E-state index in [-0.39, 0.29) is 12.6 Å². The molecule has 114 valence electrons. The van der Waals surface area contributed by atoms with E-state index in [1.54, 1.807) is 0 Å². The third-order valence-electron chi connectivity index (χ3n) is 5.41. The van der Waals surface area contributed by atoms with Gasteiger partial charge in [-0.25, -0.2) is 4.79 Å². The van der Waals surface area contributed by atoms with E-state index < -0.39 is 0 Å². The number of carbonyl (C=O) groups excluding carboxylic acids is 1. The zero-order valence-corrected chi connectivity index (χ0v) is 12.8. The van der Waals surface area contributed by atoms with Gasteiger partial charge in [0.05, 0.1) is 13.7 Å². The highest BCUT2D eigenvalue weighted by atomic mass is 16.6. The highest BCUT2D eigenvalue weighted by molar-refractivity contribution is 5.70. The number of carbonyl (C=O) groups is 1. The average Bonchev–Trinajstić information content (AvgIpc) is 2.43. The van der Waals surface area contributed by atoms with Crippen LogP contribution in [0.3, 0.4) is 0 Å². The Labute approximate surface area is 121 Å². The number of esters is 1. The van der Waals surface area contributed by atoms with E-state index in [0.29, 0.717) is 29.9 Å². The lowest BCUT2D eigenvalue weighted by Crippen LogP contribution is -2.61. The second-order valence-electron chi connectivity index (χ2n) is 6.73. The third kappa shape index (κ3) is 3.07. The number of allylic oxidation sites excluding steroid dienone is 1. The van der Waals surface area contributed by atoms with E-state index in [1.165, 1.54) is 20.0 Å². The molecule has 4 atom stereocenters. The van der Waals surface area contributed by atoms with Crippen molar-refractivity contribution in [3.05, 3.63) is 12.2 Å². The number of rotatable bonds is 6. The van der Waals surface area contributed by atoms with Crippen LogP contribution in [0.2, 0.25) is 0 Å². The first-order chi connectivity index (χ1) is 9.46. The zero-order chi connectivity index (χ0) is 14.8. The summed E-state index contributed by atoms with van der Waals surface area (Å²) < 4.78 is 9.67. The molecular formula is C16H27NO3. The van der Waals surface area contributed by atoms with Crippen LogP contribution >= 0.6 is 0 Å². The second-order valence-corrected chi connectivity index (χ2v) is 6.73. The van der Waals surface area contributed by atoms with Gasteiger partial charge < -0.3 is 15.2 Å². The van der Waals surface area contributed by atoms with Crippen LogP contribution in [0.5, 0.6) is 0 Å². The molecule has 0 aromatic carbocycles. The van der Waals surface area contributed by atoms with E-state index >= 15 is 0 Å². The molecule has 0 radical (unpaired) electrons. The number of hydrogen-bond acceptors (Lipinski definition) is 4. The molecule has 0 amide bonds. The van der Waals surface area contributed by atoms with E-state index in [2.05, 4.69) is 24.7 Å². The van der Waals surface area contributed by atoms with Gasteiger partial charge in [-0.15, -0.1) is 0 Å². The second kappa shape index (κ2) is 6.27. The fourth-order valence-electron chi connectivity index (χ4n) is 3.82. The number of nitrogens with two attached hydrogens (primary N) is 1. The Morgan fingerprint density at radius 1 is 1.35 bits per heavy atom. The van der Waals surface area contributed by atoms with Gasteiger partial charge in [-0.05, 0) is 42.4 Å². The lowest BCUT2D eigenvalue weighted by atomic mass is 9.45. The molecule has 0 heterocycles. The molecule has 0 unspecified atom stereocenters. The average molecular weight is 281 g/mol. The lowest BCUT2D eigenvalue weighted by Gasteiger charge is -2.61. The minimum absolute atomic E-state index is 0.0160. The van der Waals surface area contributed by atoms with Gasteiger partial charge in [0.25, 0.3) is 0 Å². The monoisotopic (exact) mass is 281 g/mol. The maximum Gasteiger partial charge on any atom is 0.331 e. The normalized spacial score (nSPS) is 34.8. The van der Waals surface area contributed by atoms with Crippen molar-refractivity contribution >= 4 is 5.97 Å². The van der Waals surface area contributed by atoms with Gasteiger partial charge in [0.15, 0.2) is 0 Å². The fraction of sp³-hybridized carbons (Fsp3) is 0.812. The quantitative estimate of drug-likeness (QED) is 0.460. The van der Waals surface area contributed by atoms with Crippen molar-refractivity contribution in [1.82, 2.24) is 0 Å². The Kier molecular flexibility index (Phi) is 4.86. The topological polar surface area (TPSA) is 61.5 Å². The van der Waals surface area contributed by atoms with Gasteiger partial charge in [-0.1, -0.05) is 26.0 Å². The van der Waals surface area contributed by atoms with Crippen molar-refractivity contribution in [3.63, 3.8) is 0 Å². The predicted octanol–water partition coefficient (Wildman–Crippen LogP) is 2.13. The highest BCUT2D eigenvalue weighted by Crippen LogP contribution is 2.60. The van der Waals surface area contributed by atoms with Crippen molar-refractivity contribution in [2.24, 2.45) is 28.9 Å². The summed E-state index contributed by atoms with van der Waals surface area (Å²) in [7, 11) is 1.36. The van der Waals surface area contributed by atoms with E-state index in [9.17, 15) is 4.79 Å². The minimum atomic E-state index is -0.338. The smallest absolute Gasteiger partial charge is 0.331 e. The molecule has 0 saturated heterocycles.